The number of nitro groups is 1. The summed E-state index contributed by atoms with van der Waals surface area (Å²) in [6, 6.07) is 2.49. The van der Waals surface area contributed by atoms with Gasteiger partial charge in [-0.3, -0.25) is 24.0 Å². The summed E-state index contributed by atoms with van der Waals surface area (Å²) in [6.45, 7) is 0. The maximum absolute atomic E-state index is 11.8. The minimum absolute atomic E-state index is 0.0536. The molecule has 110 valence electrons. The molecule has 2 N–H and O–H groups in total. The predicted molar refractivity (Wildman–Crippen MR) is 74.0 cm³/mol. The highest BCUT2D eigenvalue weighted by Crippen LogP contribution is 2.17. The highest BCUT2D eigenvalue weighted by atomic mass is 16.6. The largest absolute Gasteiger partial charge is 0.433 e. The zero-order valence-corrected chi connectivity index (χ0v) is 11.1. The molecular weight excluding hydrogens is 282 g/mol. The molecule has 2 heterocycles. The first-order chi connectivity index (χ1) is 9.82. The van der Waals surface area contributed by atoms with E-state index in [1.165, 1.54) is 20.2 Å². The highest BCUT2D eigenvalue weighted by molar-refractivity contribution is 5.80. The van der Waals surface area contributed by atoms with Gasteiger partial charge in [0.05, 0.1) is 12.3 Å². The Balaban J connectivity index is 2.48. The average Bonchev–Trinajstić information content (AvgIpc) is 2.92. The fraction of sp³-hybridized carbons (Fsp3) is 0.182. The number of rotatable bonds is 3. The SMILES string of the molecule is Cn1c(N=Cc2ccc([N+](=O)[O-])o2)c(N)c(=O)n(C)c1=O. The van der Waals surface area contributed by atoms with Crippen molar-refractivity contribution in [1.29, 1.82) is 0 Å². The Labute approximate surface area is 116 Å². The summed E-state index contributed by atoms with van der Waals surface area (Å²) in [6.07, 6.45) is 1.14. The van der Waals surface area contributed by atoms with E-state index >= 15 is 0 Å². The summed E-state index contributed by atoms with van der Waals surface area (Å²) < 4.78 is 6.81. The van der Waals surface area contributed by atoms with Crippen LogP contribution in [0.2, 0.25) is 0 Å². The molecule has 0 aliphatic carbocycles. The summed E-state index contributed by atoms with van der Waals surface area (Å²) >= 11 is 0. The fourth-order valence-electron chi connectivity index (χ4n) is 1.65. The normalized spacial score (nSPS) is 11.1. The van der Waals surface area contributed by atoms with E-state index in [0.717, 1.165) is 21.4 Å². The topological polar surface area (TPSA) is 139 Å². The quantitative estimate of drug-likeness (QED) is 0.477. The van der Waals surface area contributed by atoms with Gasteiger partial charge >= 0.3 is 11.6 Å². The zero-order valence-electron chi connectivity index (χ0n) is 11.1. The molecule has 2 aromatic heterocycles. The van der Waals surface area contributed by atoms with Gasteiger partial charge in [-0.25, -0.2) is 9.79 Å². The molecule has 0 saturated heterocycles. The lowest BCUT2D eigenvalue weighted by molar-refractivity contribution is -0.402. The number of nitrogen functional groups attached to an aromatic ring is 1. The second-order valence-electron chi connectivity index (χ2n) is 4.13. The second-order valence-corrected chi connectivity index (χ2v) is 4.13. The first-order valence-electron chi connectivity index (χ1n) is 5.66. The molecule has 0 spiro atoms. The number of hydrogen-bond acceptors (Lipinski definition) is 7. The molecule has 21 heavy (non-hydrogen) atoms. The van der Waals surface area contributed by atoms with Crippen molar-refractivity contribution in [2.75, 3.05) is 5.73 Å². The molecule has 10 nitrogen and oxygen atoms in total. The van der Waals surface area contributed by atoms with Crippen molar-refractivity contribution >= 4 is 23.6 Å². The number of nitrogens with zero attached hydrogens (tertiary/aromatic N) is 4. The Hall–Kier alpha value is -3.17. The van der Waals surface area contributed by atoms with Gasteiger partial charge in [0.2, 0.25) is 0 Å². The molecule has 0 atom stereocenters. The van der Waals surface area contributed by atoms with Crippen LogP contribution in [0.5, 0.6) is 0 Å². The third kappa shape index (κ3) is 2.45. The van der Waals surface area contributed by atoms with E-state index in [2.05, 4.69) is 4.99 Å². The van der Waals surface area contributed by atoms with Gasteiger partial charge < -0.3 is 10.2 Å². The van der Waals surface area contributed by atoms with E-state index in [1.807, 2.05) is 0 Å². The van der Waals surface area contributed by atoms with Gasteiger partial charge in [0.15, 0.2) is 11.6 Å². The molecule has 0 radical (unpaired) electrons. The summed E-state index contributed by atoms with van der Waals surface area (Å²) in [4.78, 5) is 37.1. The lowest BCUT2D eigenvalue weighted by Gasteiger charge is -2.07. The van der Waals surface area contributed by atoms with Crippen LogP contribution < -0.4 is 17.0 Å². The van der Waals surface area contributed by atoms with Crippen LogP contribution in [0, 0.1) is 10.1 Å². The van der Waals surface area contributed by atoms with Crippen LogP contribution in [-0.2, 0) is 14.1 Å². The maximum atomic E-state index is 11.8. The second kappa shape index (κ2) is 5.07. The van der Waals surface area contributed by atoms with Crippen molar-refractivity contribution in [3.63, 3.8) is 0 Å². The first kappa shape index (κ1) is 14.2. The molecule has 2 aromatic rings. The number of aliphatic imine (C=N–C) groups is 1. The van der Waals surface area contributed by atoms with Crippen molar-refractivity contribution in [2.45, 2.75) is 0 Å². The smallest absolute Gasteiger partial charge is 0.400 e. The fourth-order valence-corrected chi connectivity index (χ4v) is 1.65. The van der Waals surface area contributed by atoms with E-state index in [1.54, 1.807) is 0 Å². The van der Waals surface area contributed by atoms with E-state index in [0.29, 0.717) is 0 Å². The number of aromatic nitrogens is 2. The van der Waals surface area contributed by atoms with Gasteiger partial charge in [-0.2, -0.15) is 0 Å². The molecule has 0 fully saturated rings. The zero-order chi connectivity index (χ0) is 15.7. The summed E-state index contributed by atoms with van der Waals surface area (Å²) in [5, 5.41) is 10.5. The molecule has 0 unspecified atom stereocenters. The predicted octanol–water partition coefficient (Wildman–Crippen LogP) is -0.0820. The third-order valence-electron chi connectivity index (χ3n) is 2.77. The highest BCUT2D eigenvalue weighted by Gasteiger charge is 2.13. The van der Waals surface area contributed by atoms with E-state index in [-0.39, 0.29) is 17.3 Å². The van der Waals surface area contributed by atoms with Crippen LogP contribution >= 0.6 is 0 Å². The summed E-state index contributed by atoms with van der Waals surface area (Å²) in [5.41, 5.74) is 4.15. The van der Waals surface area contributed by atoms with Crippen LogP contribution in [0.4, 0.5) is 17.4 Å². The monoisotopic (exact) mass is 293 g/mol. The van der Waals surface area contributed by atoms with Crippen molar-refractivity contribution in [3.8, 4) is 0 Å². The Bertz CT molecular complexity index is 820. The first-order valence-corrected chi connectivity index (χ1v) is 5.66. The summed E-state index contributed by atoms with van der Waals surface area (Å²) in [7, 11) is 2.69. The number of nitrogens with two attached hydrogens (primary N) is 1. The van der Waals surface area contributed by atoms with Crippen molar-refractivity contribution < 1.29 is 9.34 Å². The molecule has 2 rings (SSSR count). The minimum Gasteiger partial charge on any atom is -0.400 e. The molecule has 10 heteroatoms. The minimum atomic E-state index is -0.695. The van der Waals surface area contributed by atoms with E-state index < -0.39 is 22.1 Å². The van der Waals surface area contributed by atoms with Crippen LogP contribution in [-0.4, -0.2) is 20.3 Å². The van der Waals surface area contributed by atoms with Crippen LogP contribution in [0.25, 0.3) is 0 Å². The summed E-state index contributed by atoms with van der Waals surface area (Å²) in [5.74, 6) is -0.404. The lowest BCUT2D eigenvalue weighted by Crippen LogP contribution is -2.38. The van der Waals surface area contributed by atoms with Crippen LogP contribution in [0.15, 0.2) is 31.1 Å². The van der Waals surface area contributed by atoms with Crippen molar-refractivity contribution in [1.82, 2.24) is 9.13 Å². The van der Waals surface area contributed by atoms with E-state index in [9.17, 15) is 19.7 Å². The molecule has 0 amide bonds. The van der Waals surface area contributed by atoms with Crippen molar-refractivity contribution in [2.24, 2.45) is 19.1 Å². The van der Waals surface area contributed by atoms with Gasteiger partial charge in [-0.15, -0.1) is 0 Å². The number of anilines is 1. The standard InChI is InChI=1S/C11H11N5O5/c1-14-9(8(12)10(17)15(2)11(14)18)13-5-6-3-4-7(21-6)16(19)20/h3-5H,12H2,1-2H3. The third-order valence-corrected chi connectivity index (χ3v) is 2.77. The average molecular weight is 293 g/mol. The van der Waals surface area contributed by atoms with Gasteiger partial charge in [0, 0.05) is 14.1 Å². The van der Waals surface area contributed by atoms with Gasteiger partial charge in [-0.05, 0) is 6.07 Å². The van der Waals surface area contributed by atoms with Gasteiger partial charge in [0.1, 0.15) is 10.6 Å². The van der Waals surface area contributed by atoms with Crippen molar-refractivity contribution in [3.05, 3.63) is 48.8 Å². The molecule has 0 aliphatic rings. The Kier molecular flexibility index (Phi) is 3.44. The Morgan fingerprint density at radius 1 is 1.33 bits per heavy atom. The molecule has 0 saturated carbocycles. The molecular formula is C11H11N5O5. The molecule has 0 aromatic carbocycles. The van der Waals surface area contributed by atoms with E-state index in [4.69, 9.17) is 10.2 Å². The lowest BCUT2D eigenvalue weighted by atomic mass is 10.4. The number of furan rings is 1. The van der Waals surface area contributed by atoms with Gasteiger partial charge in [-0.1, -0.05) is 0 Å². The molecule has 0 aliphatic heterocycles. The number of hydrogen-bond donors (Lipinski definition) is 1. The molecule has 0 bridgehead atoms. The Morgan fingerprint density at radius 3 is 2.57 bits per heavy atom. The Morgan fingerprint density at radius 2 is 2.00 bits per heavy atom. The maximum Gasteiger partial charge on any atom is 0.433 e. The van der Waals surface area contributed by atoms with Crippen LogP contribution in [0.3, 0.4) is 0 Å². The van der Waals surface area contributed by atoms with Crippen LogP contribution in [0.1, 0.15) is 5.76 Å². The van der Waals surface area contributed by atoms with Gasteiger partial charge in [0.25, 0.3) is 5.56 Å².